The first kappa shape index (κ1) is 20.1. The Morgan fingerprint density at radius 3 is 2.57 bits per heavy atom. The number of ether oxygens (including phenoxy) is 1. The van der Waals surface area contributed by atoms with Crippen LogP contribution in [0.4, 0.5) is 5.69 Å². The van der Waals surface area contributed by atoms with Crippen molar-refractivity contribution in [2.75, 3.05) is 19.0 Å². The molecule has 1 heterocycles. The van der Waals surface area contributed by atoms with Gasteiger partial charge >= 0.3 is 0 Å². The molecule has 0 fully saturated rings. The quantitative estimate of drug-likeness (QED) is 0.608. The van der Waals surface area contributed by atoms with E-state index in [1.54, 1.807) is 18.4 Å². The lowest BCUT2D eigenvalue weighted by atomic mass is 10.0. The summed E-state index contributed by atoms with van der Waals surface area (Å²) in [5.74, 6) is 0.644. The smallest absolute Gasteiger partial charge is 0.287 e. The number of thiophene rings is 1. The zero-order valence-electron chi connectivity index (χ0n) is 16.6. The van der Waals surface area contributed by atoms with E-state index in [4.69, 9.17) is 4.74 Å². The summed E-state index contributed by atoms with van der Waals surface area (Å²) in [5, 5.41) is 5.20. The first-order valence-electron chi connectivity index (χ1n) is 9.49. The molecule has 3 aromatic rings. The van der Waals surface area contributed by atoms with Crippen LogP contribution in [0.25, 0.3) is 0 Å². The Hall–Kier alpha value is -2.63. The van der Waals surface area contributed by atoms with Crippen molar-refractivity contribution < 1.29 is 14.4 Å². The first-order valence-corrected chi connectivity index (χ1v) is 10.4. The number of carbonyl (C=O) groups is 1. The first-order chi connectivity index (χ1) is 13.6. The average molecular weight is 396 g/mol. The van der Waals surface area contributed by atoms with Crippen LogP contribution < -0.4 is 15.0 Å². The van der Waals surface area contributed by atoms with Gasteiger partial charge in [-0.2, -0.15) is 0 Å². The number of anilines is 1. The van der Waals surface area contributed by atoms with Crippen molar-refractivity contribution >= 4 is 22.9 Å². The molecule has 4 nitrogen and oxygen atoms in total. The summed E-state index contributed by atoms with van der Waals surface area (Å²) in [5.41, 5.74) is 2.80. The lowest BCUT2D eigenvalue weighted by molar-refractivity contribution is -0.933. The third-order valence-corrected chi connectivity index (χ3v) is 5.73. The highest BCUT2D eigenvalue weighted by Gasteiger charge is 2.31. The second kappa shape index (κ2) is 9.53. The number of amides is 1. The maximum Gasteiger partial charge on any atom is 0.287 e. The predicted octanol–water partition coefficient (Wildman–Crippen LogP) is 3.85. The molecular weight excluding hydrogens is 368 g/mol. The van der Waals surface area contributed by atoms with E-state index in [-0.39, 0.29) is 11.9 Å². The third-order valence-electron chi connectivity index (χ3n) is 4.85. The van der Waals surface area contributed by atoms with Crippen LogP contribution in [-0.2, 0) is 11.3 Å². The van der Waals surface area contributed by atoms with Gasteiger partial charge in [0.05, 0.1) is 24.2 Å². The van der Waals surface area contributed by atoms with Crippen LogP contribution >= 0.6 is 11.3 Å². The Kier molecular flexibility index (Phi) is 6.85. The SMILES string of the molecule is CC[NH+](Cc1cccs1)[C@@H](C(=O)Nc1cc(C)ccc1OC)c1ccccc1. The van der Waals surface area contributed by atoms with Crippen LogP contribution in [0.5, 0.6) is 5.75 Å². The van der Waals surface area contributed by atoms with Gasteiger partial charge in [0.1, 0.15) is 12.3 Å². The van der Waals surface area contributed by atoms with E-state index in [0.29, 0.717) is 11.4 Å². The van der Waals surface area contributed by atoms with Gasteiger partial charge in [-0.05, 0) is 43.0 Å². The fourth-order valence-corrected chi connectivity index (χ4v) is 4.17. The molecule has 0 aliphatic heterocycles. The van der Waals surface area contributed by atoms with Crippen LogP contribution in [0.1, 0.15) is 29.0 Å². The van der Waals surface area contributed by atoms with Gasteiger partial charge in [0.2, 0.25) is 0 Å². The Balaban J connectivity index is 1.92. The number of benzene rings is 2. The van der Waals surface area contributed by atoms with Crippen molar-refractivity contribution in [1.82, 2.24) is 0 Å². The van der Waals surface area contributed by atoms with Crippen LogP contribution in [0.2, 0.25) is 0 Å². The second-order valence-electron chi connectivity index (χ2n) is 6.80. The molecule has 0 saturated heterocycles. The molecule has 0 bridgehead atoms. The Labute approximate surface area is 170 Å². The molecule has 3 rings (SSSR count). The van der Waals surface area contributed by atoms with Crippen LogP contribution in [0.15, 0.2) is 66.0 Å². The number of likely N-dealkylation sites (N-methyl/N-ethyl adjacent to an activating group) is 1. The topological polar surface area (TPSA) is 42.8 Å². The van der Waals surface area contributed by atoms with Gasteiger partial charge in [0.25, 0.3) is 5.91 Å². The summed E-state index contributed by atoms with van der Waals surface area (Å²) in [6, 6.07) is 19.7. The van der Waals surface area contributed by atoms with Crippen LogP contribution in [-0.4, -0.2) is 19.6 Å². The summed E-state index contributed by atoms with van der Waals surface area (Å²) in [7, 11) is 1.62. The maximum atomic E-state index is 13.4. The minimum absolute atomic E-state index is 0.0245. The molecule has 2 aromatic carbocycles. The summed E-state index contributed by atoms with van der Waals surface area (Å²) >= 11 is 1.73. The van der Waals surface area contributed by atoms with E-state index >= 15 is 0 Å². The predicted molar refractivity (Wildman–Crippen MR) is 115 cm³/mol. The van der Waals surface area contributed by atoms with Gasteiger partial charge in [0.15, 0.2) is 6.04 Å². The monoisotopic (exact) mass is 395 g/mol. The number of hydrogen-bond acceptors (Lipinski definition) is 3. The molecule has 0 saturated carbocycles. The number of rotatable bonds is 8. The largest absolute Gasteiger partial charge is 0.495 e. The normalized spacial score (nSPS) is 13.0. The Morgan fingerprint density at radius 1 is 1.14 bits per heavy atom. The minimum Gasteiger partial charge on any atom is -0.495 e. The van der Waals surface area contributed by atoms with E-state index < -0.39 is 0 Å². The van der Waals surface area contributed by atoms with Gasteiger partial charge in [-0.25, -0.2) is 0 Å². The van der Waals surface area contributed by atoms with E-state index in [0.717, 1.165) is 24.2 Å². The van der Waals surface area contributed by atoms with E-state index in [1.807, 2.05) is 55.5 Å². The summed E-state index contributed by atoms with van der Waals surface area (Å²) < 4.78 is 5.44. The van der Waals surface area contributed by atoms with Crippen LogP contribution in [0, 0.1) is 6.92 Å². The van der Waals surface area contributed by atoms with Crippen molar-refractivity contribution in [2.45, 2.75) is 26.4 Å². The standard InChI is InChI=1S/C23H26N2O2S/c1-4-25(16-19-11-8-14-28-19)22(18-9-6-5-7-10-18)23(26)24-20-15-17(2)12-13-21(20)27-3/h5-15,22H,4,16H2,1-3H3,(H,24,26)/p+1/t22-/m1/s1. The number of quaternary nitrogens is 1. The number of hydrogen-bond donors (Lipinski definition) is 2. The van der Waals surface area contributed by atoms with Gasteiger partial charge in [-0.1, -0.05) is 42.5 Å². The highest BCUT2D eigenvalue weighted by Crippen LogP contribution is 2.26. The van der Waals surface area contributed by atoms with Crippen molar-refractivity contribution in [3.05, 3.63) is 82.0 Å². The molecule has 5 heteroatoms. The molecule has 2 N–H and O–H groups in total. The van der Waals surface area contributed by atoms with Gasteiger partial charge in [-0.3, -0.25) is 4.79 Å². The van der Waals surface area contributed by atoms with E-state index in [1.165, 1.54) is 9.78 Å². The number of carbonyl (C=O) groups excluding carboxylic acids is 1. The highest BCUT2D eigenvalue weighted by atomic mass is 32.1. The molecule has 146 valence electrons. The average Bonchev–Trinajstić information content (AvgIpc) is 3.21. The highest BCUT2D eigenvalue weighted by molar-refractivity contribution is 7.09. The molecule has 0 radical (unpaired) electrons. The third kappa shape index (κ3) is 4.80. The molecule has 0 spiro atoms. The van der Waals surface area contributed by atoms with Crippen molar-refractivity contribution in [3.8, 4) is 5.75 Å². The van der Waals surface area contributed by atoms with Crippen molar-refractivity contribution in [2.24, 2.45) is 0 Å². The lowest BCUT2D eigenvalue weighted by Crippen LogP contribution is -3.11. The van der Waals surface area contributed by atoms with Gasteiger partial charge < -0.3 is 15.0 Å². The van der Waals surface area contributed by atoms with E-state index in [2.05, 4.69) is 29.8 Å². The van der Waals surface area contributed by atoms with Crippen LogP contribution in [0.3, 0.4) is 0 Å². The molecule has 0 aliphatic carbocycles. The maximum absolute atomic E-state index is 13.4. The summed E-state index contributed by atoms with van der Waals surface area (Å²) in [6.45, 7) is 5.78. The molecular formula is C23H27N2O2S+. The number of methoxy groups -OCH3 is 1. The molecule has 1 unspecified atom stereocenters. The minimum atomic E-state index is -0.307. The molecule has 2 atom stereocenters. The van der Waals surface area contributed by atoms with Gasteiger partial charge in [0, 0.05) is 5.56 Å². The molecule has 1 amide bonds. The van der Waals surface area contributed by atoms with Crippen molar-refractivity contribution in [3.63, 3.8) is 0 Å². The lowest BCUT2D eigenvalue weighted by Gasteiger charge is -2.27. The second-order valence-corrected chi connectivity index (χ2v) is 7.84. The summed E-state index contributed by atoms with van der Waals surface area (Å²) in [6.07, 6.45) is 0. The molecule has 28 heavy (non-hydrogen) atoms. The molecule has 1 aromatic heterocycles. The molecule has 0 aliphatic rings. The number of nitrogens with one attached hydrogen (secondary N) is 2. The zero-order chi connectivity index (χ0) is 19.9. The fourth-order valence-electron chi connectivity index (χ4n) is 3.41. The Bertz CT molecular complexity index is 894. The fraction of sp³-hybridized carbons (Fsp3) is 0.261. The van der Waals surface area contributed by atoms with E-state index in [9.17, 15) is 4.79 Å². The summed E-state index contributed by atoms with van der Waals surface area (Å²) in [4.78, 5) is 15.9. The number of aryl methyl sites for hydroxylation is 1. The van der Waals surface area contributed by atoms with Crippen molar-refractivity contribution in [1.29, 1.82) is 0 Å². The van der Waals surface area contributed by atoms with Gasteiger partial charge in [-0.15, -0.1) is 11.3 Å². The zero-order valence-corrected chi connectivity index (χ0v) is 17.4. The Morgan fingerprint density at radius 2 is 1.93 bits per heavy atom.